The second kappa shape index (κ2) is 6.91. The molecule has 2 aliphatic heterocycles. The molecule has 3 fully saturated rings. The number of nitrogens with one attached hydrogen (secondary N) is 1. The zero-order chi connectivity index (χ0) is 18.3. The zero-order valence-electron chi connectivity index (χ0n) is 14.9. The number of hydrogen-bond donors (Lipinski definition) is 3. The van der Waals surface area contributed by atoms with Gasteiger partial charge in [-0.2, -0.15) is 0 Å². The van der Waals surface area contributed by atoms with Crippen LogP contribution in [0.15, 0.2) is 24.3 Å². The molecule has 1 aromatic rings. The van der Waals surface area contributed by atoms with Crippen molar-refractivity contribution in [3.63, 3.8) is 0 Å². The van der Waals surface area contributed by atoms with Gasteiger partial charge in [0, 0.05) is 39.4 Å². The highest BCUT2D eigenvalue weighted by Gasteiger charge is 2.53. The first-order valence-electron chi connectivity index (χ1n) is 9.53. The Morgan fingerprint density at radius 2 is 1.77 bits per heavy atom. The lowest BCUT2D eigenvalue weighted by Gasteiger charge is -2.44. The number of likely N-dealkylation sites (tertiary alicyclic amines) is 1. The van der Waals surface area contributed by atoms with Crippen LogP contribution in [0.1, 0.15) is 12.0 Å². The first-order chi connectivity index (χ1) is 12.6. The van der Waals surface area contributed by atoms with Gasteiger partial charge in [-0.15, -0.1) is 0 Å². The van der Waals surface area contributed by atoms with Gasteiger partial charge in [-0.3, -0.25) is 4.79 Å². The highest BCUT2D eigenvalue weighted by molar-refractivity contribution is 5.85. The van der Waals surface area contributed by atoms with Crippen molar-refractivity contribution in [2.75, 3.05) is 39.4 Å². The molecular formula is C20H27FN2O3. The van der Waals surface area contributed by atoms with Gasteiger partial charge in [-0.25, -0.2) is 4.39 Å². The zero-order valence-corrected chi connectivity index (χ0v) is 14.9. The van der Waals surface area contributed by atoms with E-state index in [2.05, 4.69) is 5.32 Å². The Morgan fingerprint density at radius 3 is 2.27 bits per heavy atom. The smallest absolute Gasteiger partial charge is 0.231 e. The van der Waals surface area contributed by atoms with Crippen molar-refractivity contribution < 1.29 is 19.4 Å². The largest absolute Gasteiger partial charge is 0.396 e. The molecule has 5 nitrogen and oxygen atoms in total. The normalized spacial score (nSPS) is 32.3. The summed E-state index contributed by atoms with van der Waals surface area (Å²) in [4.78, 5) is 15.2. The van der Waals surface area contributed by atoms with Gasteiger partial charge in [-0.05, 0) is 48.1 Å². The van der Waals surface area contributed by atoms with Gasteiger partial charge in [0.1, 0.15) is 5.82 Å². The predicted octanol–water partition coefficient (Wildman–Crippen LogP) is 0.653. The lowest BCUT2D eigenvalue weighted by atomic mass is 9.75. The summed E-state index contributed by atoms with van der Waals surface area (Å²) in [5.41, 5.74) is 0.00719. The van der Waals surface area contributed by atoms with Crippen molar-refractivity contribution in [3.05, 3.63) is 35.6 Å². The third-order valence-corrected chi connectivity index (χ3v) is 6.85. The number of aliphatic hydroxyl groups excluding tert-OH is 2. The predicted molar refractivity (Wildman–Crippen MR) is 94.7 cm³/mol. The van der Waals surface area contributed by atoms with Gasteiger partial charge in [0.25, 0.3) is 0 Å². The Bertz CT molecular complexity index is 661. The molecule has 0 spiro atoms. The molecule has 3 aliphatic rings. The Hall–Kier alpha value is -1.50. The number of nitrogens with zero attached hydrogens (tertiary/aromatic N) is 1. The number of fused-ring (bicyclic) bond motifs is 1. The topological polar surface area (TPSA) is 72.8 Å². The fraction of sp³-hybridized carbons (Fsp3) is 0.650. The van der Waals surface area contributed by atoms with Crippen LogP contribution in [-0.2, 0) is 11.2 Å². The van der Waals surface area contributed by atoms with E-state index in [0.29, 0.717) is 38.2 Å². The molecule has 1 amide bonds. The second-order valence-electron chi connectivity index (χ2n) is 8.31. The summed E-state index contributed by atoms with van der Waals surface area (Å²) >= 11 is 0. The van der Waals surface area contributed by atoms with E-state index in [1.54, 1.807) is 18.2 Å². The van der Waals surface area contributed by atoms with E-state index in [-0.39, 0.29) is 48.6 Å². The first kappa shape index (κ1) is 17.9. The summed E-state index contributed by atoms with van der Waals surface area (Å²) in [6.45, 7) is 2.65. The summed E-state index contributed by atoms with van der Waals surface area (Å²) in [5, 5.41) is 22.5. The number of aliphatic hydroxyl groups is 2. The maximum Gasteiger partial charge on any atom is 0.231 e. The highest BCUT2D eigenvalue weighted by Crippen LogP contribution is 2.47. The molecule has 6 heteroatoms. The van der Waals surface area contributed by atoms with Crippen LogP contribution < -0.4 is 5.32 Å². The molecule has 0 aromatic heterocycles. The van der Waals surface area contributed by atoms with Gasteiger partial charge >= 0.3 is 0 Å². The molecule has 26 heavy (non-hydrogen) atoms. The molecule has 0 radical (unpaired) electrons. The third-order valence-electron chi connectivity index (χ3n) is 6.85. The van der Waals surface area contributed by atoms with Crippen molar-refractivity contribution in [1.82, 2.24) is 10.2 Å². The number of halogens is 1. The minimum atomic E-state index is -0.579. The van der Waals surface area contributed by atoms with E-state index in [1.807, 2.05) is 4.90 Å². The summed E-state index contributed by atoms with van der Waals surface area (Å²) in [5.74, 6) is 0.682. The van der Waals surface area contributed by atoms with Crippen molar-refractivity contribution in [1.29, 1.82) is 0 Å². The highest BCUT2D eigenvalue weighted by atomic mass is 19.1. The third kappa shape index (κ3) is 2.84. The molecule has 1 aromatic carbocycles. The van der Waals surface area contributed by atoms with Crippen LogP contribution in [0.3, 0.4) is 0 Å². The average molecular weight is 362 g/mol. The molecule has 3 N–H and O–H groups in total. The Labute approximate surface area is 153 Å². The molecule has 4 rings (SSSR count). The van der Waals surface area contributed by atoms with Gasteiger partial charge in [0.15, 0.2) is 0 Å². The Balaban J connectivity index is 1.51. The summed E-state index contributed by atoms with van der Waals surface area (Å²) in [6, 6.07) is 6.67. The van der Waals surface area contributed by atoms with Crippen LogP contribution in [0.2, 0.25) is 0 Å². The summed E-state index contributed by atoms with van der Waals surface area (Å²) < 4.78 is 14.1. The molecule has 2 heterocycles. The van der Waals surface area contributed by atoms with Crippen molar-refractivity contribution in [2.24, 2.45) is 29.1 Å². The molecule has 0 bridgehead atoms. The lowest BCUT2D eigenvalue weighted by Crippen LogP contribution is -2.63. The van der Waals surface area contributed by atoms with Crippen LogP contribution >= 0.6 is 0 Å². The monoisotopic (exact) mass is 362 g/mol. The number of benzene rings is 1. The van der Waals surface area contributed by atoms with Crippen LogP contribution in [0.5, 0.6) is 0 Å². The molecule has 1 saturated carbocycles. The van der Waals surface area contributed by atoms with Gasteiger partial charge in [-0.1, -0.05) is 18.2 Å². The Kier molecular flexibility index (Phi) is 4.75. The Morgan fingerprint density at radius 1 is 1.15 bits per heavy atom. The number of rotatable bonds is 5. The maximum atomic E-state index is 14.1. The molecule has 0 unspecified atom stereocenters. The van der Waals surface area contributed by atoms with Crippen molar-refractivity contribution in [2.45, 2.75) is 12.8 Å². The minimum Gasteiger partial charge on any atom is -0.396 e. The number of carbonyl (C=O) groups is 1. The van der Waals surface area contributed by atoms with Crippen molar-refractivity contribution in [3.8, 4) is 0 Å². The number of carbonyl (C=O) groups excluding carboxylic acids is 1. The van der Waals surface area contributed by atoms with E-state index in [9.17, 15) is 19.4 Å². The first-order valence-corrected chi connectivity index (χ1v) is 9.53. The summed E-state index contributed by atoms with van der Waals surface area (Å²) in [7, 11) is 0. The maximum absolute atomic E-state index is 14.1. The second-order valence-corrected chi connectivity index (χ2v) is 8.31. The molecule has 2 saturated heterocycles. The van der Waals surface area contributed by atoms with E-state index < -0.39 is 5.41 Å². The lowest BCUT2D eigenvalue weighted by molar-refractivity contribution is -0.144. The fourth-order valence-electron chi connectivity index (χ4n) is 5.30. The molecule has 1 aliphatic carbocycles. The van der Waals surface area contributed by atoms with Gasteiger partial charge in [0.2, 0.25) is 5.91 Å². The number of amides is 1. The summed E-state index contributed by atoms with van der Waals surface area (Å²) in [6.07, 6.45) is 1.25. The van der Waals surface area contributed by atoms with Crippen LogP contribution in [0.25, 0.3) is 0 Å². The molecule has 4 atom stereocenters. The van der Waals surface area contributed by atoms with Crippen LogP contribution in [-0.4, -0.2) is 60.4 Å². The quantitative estimate of drug-likeness (QED) is 0.719. The minimum absolute atomic E-state index is 0.0854. The number of hydrogen-bond acceptors (Lipinski definition) is 4. The van der Waals surface area contributed by atoms with E-state index in [1.165, 1.54) is 6.07 Å². The van der Waals surface area contributed by atoms with E-state index in [0.717, 1.165) is 6.42 Å². The van der Waals surface area contributed by atoms with Crippen LogP contribution in [0.4, 0.5) is 4.39 Å². The van der Waals surface area contributed by atoms with Crippen molar-refractivity contribution >= 4 is 5.91 Å². The average Bonchev–Trinajstić information content (AvgIpc) is 3.18. The fourth-order valence-corrected chi connectivity index (χ4v) is 5.30. The van der Waals surface area contributed by atoms with E-state index in [4.69, 9.17) is 0 Å². The van der Waals surface area contributed by atoms with Gasteiger partial charge in [0.05, 0.1) is 5.41 Å². The van der Waals surface area contributed by atoms with Gasteiger partial charge < -0.3 is 20.4 Å². The van der Waals surface area contributed by atoms with Crippen LogP contribution in [0, 0.1) is 34.9 Å². The van der Waals surface area contributed by atoms with E-state index >= 15 is 0 Å². The molecule has 142 valence electrons. The standard InChI is InChI=1S/C20H27FN2O3/c21-18-4-2-1-3-13(18)6-20(11-22-12-20)19(26)23-7-16-14(9-24)5-15(10-25)17(16)8-23/h1-4,14-17,22,24-25H,5-12H2/t14-,15+,16+,17-. The molecular weight excluding hydrogens is 335 g/mol. The SMILES string of the molecule is O=C(N1C[C@@H]2[C@H](CO)C[C@H](CO)[C@@H]2C1)C1(Cc2ccccc2F)CNC1.